The minimum Gasteiger partial charge on any atom is -0.481 e. The predicted molar refractivity (Wildman–Crippen MR) is 173 cm³/mol. The van der Waals surface area contributed by atoms with E-state index in [2.05, 4.69) is 17.2 Å². The monoisotopic (exact) mass is 673 g/mol. The molecule has 1 amide bonds. The van der Waals surface area contributed by atoms with E-state index in [0.717, 1.165) is 10.8 Å². The Balaban J connectivity index is 2.25. The maximum absolute atomic E-state index is 16.5. The van der Waals surface area contributed by atoms with Gasteiger partial charge in [0.05, 0.1) is 23.6 Å². The molecule has 2 atom stereocenters. The van der Waals surface area contributed by atoms with Crippen LogP contribution in [0.4, 0.5) is 22.0 Å². The summed E-state index contributed by atoms with van der Waals surface area (Å²) in [5, 5.41) is 12.2. The summed E-state index contributed by atoms with van der Waals surface area (Å²) in [6, 6.07) is 3.69. The van der Waals surface area contributed by atoms with Gasteiger partial charge in [0.2, 0.25) is 5.91 Å². The van der Waals surface area contributed by atoms with Gasteiger partial charge in [-0.05, 0) is 81.9 Å². The number of halogens is 5. The first-order valence-electron chi connectivity index (χ1n) is 15.4. The Morgan fingerprint density at radius 1 is 1.06 bits per heavy atom. The van der Waals surface area contributed by atoms with E-state index in [1.807, 2.05) is 0 Å². The van der Waals surface area contributed by atoms with Gasteiger partial charge in [-0.25, -0.2) is 8.78 Å². The van der Waals surface area contributed by atoms with Crippen molar-refractivity contribution in [2.45, 2.75) is 72.1 Å². The average molecular weight is 674 g/mol. The third-order valence-corrected chi connectivity index (χ3v) is 7.92. The lowest BCUT2D eigenvalue weighted by Crippen LogP contribution is -2.41. The Labute approximate surface area is 276 Å². The number of aliphatic carboxylic acids is 1. The Bertz CT molecular complexity index is 1780. The SMILES string of the molecule is CC#Cc1cc(-c2c(C)cccc2C)c(F)c([C@@H](CC(=O)O)NC(=O)[C@H](CC(C)C)n2cc(CCN(C)C)c(C(F)(F)F)cc2=O)c1F. The highest BCUT2D eigenvalue weighted by molar-refractivity contribution is 5.82. The van der Waals surface area contributed by atoms with Gasteiger partial charge in [0, 0.05) is 29.9 Å². The van der Waals surface area contributed by atoms with E-state index in [1.165, 1.54) is 13.0 Å². The number of aromatic nitrogens is 1. The Morgan fingerprint density at radius 2 is 1.69 bits per heavy atom. The number of pyridine rings is 1. The number of carboxylic acid groups (broad SMARTS) is 1. The van der Waals surface area contributed by atoms with Gasteiger partial charge in [0.15, 0.2) is 0 Å². The van der Waals surface area contributed by atoms with Crippen molar-refractivity contribution < 1.29 is 36.6 Å². The lowest BCUT2D eigenvalue weighted by atomic mass is 9.89. The van der Waals surface area contributed by atoms with Gasteiger partial charge in [-0.3, -0.25) is 14.4 Å². The number of aryl methyl sites for hydroxylation is 2. The number of carboxylic acids is 1. The standard InChI is InChI=1S/C36H40F5N3O4/c1-8-10-23-16-25(31-21(4)11-9-12-22(31)5)34(38)32(33(23)37)27(18-30(46)47)42-35(48)28(15-20(2)3)44-19-24(13-14-43(6)7)26(17-29(44)45)36(39,40)41/h9,11-12,16-17,19-20,27-28H,13-15,18H2,1-7H3,(H,42,48)(H,46,47)/t27-,28+/m1/s1. The lowest BCUT2D eigenvalue weighted by molar-refractivity contribution is -0.139. The molecular weight excluding hydrogens is 633 g/mol. The van der Waals surface area contributed by atoms with Crippen LogP contribution in [-0.2, 0) is 22.2 Å². The summed E-state index contributed by atoms with van der Waals surface area (Å²) >= 11 is 0. The minimum absolute atomic E-state index is 0.0485. The Morgan fingerprint density at radius 3 is 2.21 bits per heavy atom. The first kappa shape index (κ1) is 38.0. The zero-order chi connectivity index (χ0) is 36.1. The number of hydrogen-bond acceptors (Lipinski definition) is 4. The molecule has 258 valence electrons. The molecule has 3 rings (SSSR count). The first-order chi connectivity index (χ1) is 22.4. The number of alkyl halides is 3. The third-order valence-electron chi connectivity index (χ3n) is 7.92. The van der Waals surface area contributed by atoms with E-state index >= 15 is 8.78 Å². The summed E-state index contributed by atoms with van der Waals surface area (Å²) in [5.41, 5.74) is -1.72. The third kappa shape index (κ3) is 8.89. The number of likely N-dealkylation sites (N-methyl/N-ethyl adjacent to an activating group) is 1. The molecule has 12 heteroatoms. The highest BCUT2D eigenvalue weighted by Gasteiger charge is 2.36. The van der Waals surface area contributed by atoms with E-state index in [0.29, 0.717) is 22.8 Å². The van der Waals surface area contributed by atoms with E-state index in [9.17, 15) is 32.7 Å². The number of hydrogen-bond donors (Lipinski definition) is 2. The summed E-state index contributed by atoms with van der Waals surface area (Å²) in [4.78, 5) is 40.9. The lowest BCUT2D eigenvalue weighted by Gasteiger charge is -2.27. The zero-order valence-corrected chi connectivity index (χ0v) is 28.0. The molecule has 0 aliphatic carbocycles. The molecule has 1 aromatic heterocycles. The molecular formula is C36H40F5N3O4. The number of carbonyl (C=O) groups excluding carboxylic acids is 1. The van der Waals surface area contributed by atoms with Crippen molar-refractivity contribution in [3.63, 3.8) is 0 Å². The molecule has 3 aromatic rings. The summed E-state index contributed by atoms with van der Waals surface area (Å²) < 4.78 is 75.2. The van der Waals surface area contributed by atoms with Crippen LogP contribution in [0.25, 0.3) is 11.1 Å². The first-order valence-corrected chi connectivity index (χ1v) is 15.4. The number of nitrogens with one attached hydrogen (secondary N) is 1. The van der Waals surface area contributed by atoms with Crippen molar-refractivity contribution in [2.75, 3.05) is 20.6 Å². The molecule has 2 aromatic carbocycles. The average Bonchev–Trinajstić information content (AvgIpc) is 2.96. The number of rotatable bonds is 12. The van der Waals surface area contributed by atoms with Crippen LogP contribution in [0, 0.1) is 43.2 Å². The number of amides is 1. The molecule has 1 heterocycles. The van der Waals surface area contributed by atoms with Gasteiger partial charge < -0.3 is 19.9 Å². The van der Waals surface area contributed by atoms with Crippen LogP contribution in [0.3, 0.4) is 0 Å². The largest absolute Gasteiger partial charge is 0.481 e. The summed E-state index contributed by atoms with van der Waals surface area (Å²) in [7, 11) is 3.35. The summed E-state index contributed by atoms with van der Waals surface area (Å²) in [6.45, 7) is 8.57. The van der Waals surface area contributed by atoms with Gasteiger partial charge in [-0.2, -0.15) is 13.2 Å². The number of benzene rings is 2. The second-order valence-electron chi connectivity index (χ2n) is 12.5. The zero-order valence-electron chi connectivity index (χ0n) is 28.0. The fourth-order valence-corrected chi connectivity index (χ4v) is 5.71. The van der Waals surface area contributed by atoms with Crippen molar-refractivity contribution in [2.24, 2.45) is 5.92 Å². The van der Waals surface area contributed by atoms with Crippen molar-refractivity contribution in [3.05, 3.63) is 91.9 Å². The number of carbonyl (C=O) groups is 2. The molecule has 0 aliphatic heterocycles. The molecule has 0 aliphatic rings. The molecule has 0 saturated carbocycles. The molecule has 0 saturated heterocycles. The molecule has 2 N–H and O–H groups in total. The maximum Gasteiger partial charge on any atom is 0.416 e. The predicted octanol–water partition coefficient (Wildman–Crippen LogP) is 6.82. The van der Waals surface area contributed by atoms with Crippen LogP contribution >= 0.6 is 0 Å². The number of nitrogens with zero attached hydrogens (tertiary/aromatic N) is 2. The normalized spacial score (nSPS) is 12.9. The van der Waals surface area contributed by atoms with Gasteiger partial charge >= 0.3 is 12.1 Å². The van der Waals surface area contributed by atoms with E-state index in [1.54, 1.807) is 64.9 Å². The summed E-state index contributed by atoms with van der Waals surface area (Å²) in [5.74, 6) is 0.137. The van der Waals surface area contributed by atoms with Crippen LogP contribution in [0.2, 0.25) is 0 Å². The molecule has 0 unspecified atom stereocenters. The van der Waals surface area contributed by atoms with E-state index in [-0.39, 0.29) is 42.0 Å². The van der Waals surface area contributed by atoms with Crippen LogP contribution in [-0.4, -0.2) is 47.1 Å². The van der Waals surface area contributed by atoms with Crippen LogP contribution in [0.1, 0.15) is 79.1 Å². The second-order valence-corrected chi connectivity index (χ2v) is 12.5. The quantitative estimate of drug-likeness (QED) is 0.163. The highest BCUT2D eigenvalue weighted by Crippen LogP contribution is 2.37. The molecule has 48 heavy (non-hydrogen) atoms. The van der Waals surface area contributed by atoms with Crippen LogP contribution < -0.4 is 10.9 Å². The van der Waals surface area contributed by atoms with Gasteiger partial charge in [-0.15, -0.1) is 5.92 Å². The maximum atomic E-state index is 16.5. The van der Waals surface area contributed by atoms with Crippen LogP contribution in [0.5, 0.6) is 0 Å². The van der Waals surface area contributed by atoms with Crippen molar-refractivity contribution in [1.82, 2.24) is 14.8 Å². The van der Waals surface area contributed by atoms with Crippen molar-refractivity contribution in [3.8, 4) is 23.0 Å². The molecule has 0 fully saturated rings. The topological polar surface area (TPSA) is 91.6 Å². The van der Waals surface area contributed by atoms with E-state index in [4.69, 9.17) is 0 Å². The van der Waals surface area contributed by atoms with Gasteiger partial charge in [0.1, 0.15) is 17.7 Å². The second kappa shape index (κ2) is 15.6. The minimum atomic E-state index is -4.84. The van der Waals surface area contributed by atoms with Gasteiger partial charge in [-0.1, -0.05) is 38.0 Å². The van der Waals surface area contributed by atoms with Gasteiger partial charge in [0.25, 0.3) is 5.56 Å². The Hall–Kier alpha value is -4.50. The smallest absolute Gasteiger partial charge is 0.416 e. The summed E-state index contributed by atoms with van der Waals surface area (Å²) in [6.07, 6.45) is -4.94. The highest BCUT2D eigenvalue weighted by atomic mass is 19.4. The molecule has 0 bridgehead atoms. The van der Waals surface area contributed by atoms with Crippen LogP contribution in [0.15, 0.2) is 41.3 Å². The fourth-order valence-electron chi connectivity index (χ4n) is 5.71. The molecule has 7 nitrogen and oxygen atoms in total. The van der Waals surface area contributed by atoms with E-state index < -0.39 is 64.9 Å². The fraction of sp³-hybridized carbons (Fsp3) is 0.417. The van der Waals surface area contributed by atoms with Crippen molar-refractivity contribution in [1.29, 1.82) is 0 Å². The Kier molecular flexibility index (Phi) is 12.3. The molecule has 0 radical (unpaired) electrons. The molecule has 0 spiro atoms. The van der Waals surface area contributed by atoms with Crippen molar-refractivity contribution >= 4 is 11.9 Å².